The Bertz CT molecular complexity index is 521. The van der Waals surface area contributed by atoms with Crippen molar-refractivity contribution in [1.29, 1.82) is 0 Å². The Labute approximate surface area is 107 Å². The number of ether oxygens (including phenoxy) is 1. The first-order valence-electron chi connectivity index (χ1n) is 5.81. The summed E-state index contributed by atoms with van der Waals surface area (Å²) in [6, 6.07) is 5.42. The lowest BCUT2D eigenvalue weighted by molar-refractivity contribution is 0.101. The molecule has 0 saturated carbocycles. The van der Waals surface area contributed by atoms with Crippen LogP contribution in [0.15, 0.2) is 36.0 Å². The molecular weight excluding hydrogens is 228 g/mol. The Morgan fingerprint density at radius 1 is 1.56 bits per heavy atom. The average Bonchev–Trinajstić information content (AvgIpc) is 2.55. The molecule has 0 aliphatic carbocycles. The van der Waals surface area contributed by atoms with Gasteiger partial charge in [-0.1, -0.05) is 6.58 Å². The summed E-state index contributed by atoms with van der Waals surface area (Å²) in [4.78, 5) is 17.7. The van der Waals surface area contributed by atoms with Crippen molar-refractivity contribution >= 4 is 11.6 Å². The monoisotopic (exact) mass is 244 g/mol. The van der Waals surface area contributed by atoms with Crippen LogP contribution in [0.3, 0.4) is 0 Å². The number of aliphatic imine (C=N–C) groups is 1. The number of rotatable bonds is 2. The first-order chi connectivity index (χ1) is 8.67. The van der Waals surface area contributed by atoms with E-state index < -0.39 is 0 Å². The number of carbonyl (C=O) groups is 1. The number of hydrogen-bond donors (Lipinski definition) is 0. The Morgan fingerprint density at radius 3 is 2.94 bits per heavy atom. The Morgan fingerprint density at radius 2 is 2.33 bits per heavy atom. The summed E-state index contributed by atoms with van der Waals surface area (Å²) in [7, 11) is 1.72. The van der Waals surface area contributed by atoms with Gasteiger partial charge in [0.1, 0.15) is 18.2 Å². The van der Waals surface area contributed by atoms with Gasteiger partial charge >= 0.3 is 0 Å². The van der Waals surface area contributed by atoms with Crippen LogP contribution in [0.4, 0.5) is 0 Å². The van der Waals surface area contributed by atoms with Crippen LogP contribution in [0.2, 0.25) is 0 Å². The van der Waals surface area contributed by atoms with Gasteiger partial charge < -0.3 is 9.64 Å². The summed E-state index contributed by atoms with van der Waals surface area (Å²) in [5.41, 5.74) is 1.49. The highest BCUT2D eigenvalue weighted by Crippen LogP contribution is 2.25. The minimum absolute atomic E-state index is 0.0302. The molecule has 18 heavy (non-hydrogen) atoms. The number of Topliss-reactive ketones (excluding diaryl/α,β-unsaturated/α-hetero) is 1. The van der Waals surface area contributed by atoms with E-state index in [4.69, 9.17) is 4.74 Å². The quantitative estimate of drug-likeness (QED) is 0.748. The largest absolute Gasteiger partial charge is 0.491 e. The summed E-state index contributed by atoms with van der Waals surface area (Å²) in [5, 5.41) is 0. The van der Waals surface area contributed by atoms with E-state index in [0.29, 0.717) is 18.7 Å². The van der Waals surface area contributed by atoms with Crippen molar-refractivity contribution in [2.45, 2.75) is 6.92 Å². The fourth-order valence-electron chi connectivity index (χ4n) is 1.99. The van der Waals surface area contributed by atoms with Gasteiger partial charge in [0.25, 0.3) is 0 Å². The summed E-state index contributed by atoms with van der Waals surface area (Å²) < 4.78 is 5.67. The zero-order valence-corrected chi connectivity index (χ0v) is 10.6. The van der Waals surface area contributed by atoms with Crippen LogP contribution in [0.1, 0.15) is 22.8 Å². The minimum atomic E-state index is 0.0302. The number of ketones is 1. The van der Waals surface area contributed by atoms with E-state index >= 15 is 0 Å². The van der Waals surface area contributed by atoms with Crippen LogP contribution in [-0.2, 0) is 0 Å². The van der Waals surface area contributed by atoms with E-state index in [1.165, 1.54) is 0 Å². The topological polar surface area (TPSA) is 41.9 Å². The van der Waals surface area contributed by atoms with Crippen LogP contribution in [0.5, 0.6) is 5.75 Å². The normalized spacial score (nSPS) is 16.8. The highest BCUT2D eigenvalue weighted by atomic mass is 16.5. The van der Waals surface area contributed by atoms with Crippen LogP contribution in [0.25, 0.3) is 0 Å². The molecule has 0 saturated heterocycles. The molecule has 1 aromatic carbocycles. The van der Waals surface area contributed by atoms with Crippen molar-refractivity contribution in [2.24, 2.45) is 4.99 Å². The number of hydrogen-bond acceptors (Lipinski definition) is 3. The molecule has 1 aromatic rings. The number of nitrogens with zero attached hydrogens (tertiary/aromatic N) is 2. The van der Waals surface area contributed by atoms with Crippen LogP contribution in [-0.4, -0.2) is 36.7 Å². The summed E-state index contributed by atoms with van der Waals surface area (Å²) >= 11 is 0. The van der Waals surface area contributed by atoms with Crippen molar-refractivity contribution < 1.29 is 9.53 Å². The van der Waals surface area contributed by atoms with E-state index in [2.05, 4.69) is 11.6 Å². The summed E-state index contributed by atoms with van der Waals surface area (Å²) in [5.74, 6) is 1.56. The molecule has 0 aromatic heterocycles. The molecule has 0 radical (unpaired) electrons. The van der Waals surface area contributed by atoms with Crippen LogP contribution >= 0.6 is 0 Å². The summed E-state index contributed by atoms with van der Waals surface area (Å²) in [6.45, 7) is 6.59. The second-order valence-electron chi connectivity index (χ2n) is 4.04. The molecular formula is C14H16N2O2. The number of carbonyl (C=O) groups excluding carboxylic acids is 1. The number of amidine groups is 1. The average molecular weight is 244 g/mol. The lowest BCUT2D eigenvalue weighted by Gasteiger charge is -2.18. The highest BCUT2D eigenvalue weighted by molar-refractivity contribution is 6.04. The lowest BCUT2D eigenvalue weighted by atomic mass is 10.1. The van der Waals surface area contributed by atoms with Gasteiger partial charge in [0, 0.05) is 12.6 Å². The Hall–Kier alpha value is -2.10. The number of fused-ring (bicyclic) bond motifs is 1. The fourth-order valence-corrected chi connectivity index (χ4v) is 1.99. The zero-order chi connectivity index (χ0) is 13.1. The molecule has 0 bridgehead atoms. The van der Waals surface area contributed by atoms with Crippen molar-refractivity contribution in [3.05, 3.63) is 42.1 Å². The van der Waals surface area contributed by atoms with Crippen molar-refractivity contribution in [3.63, 3.8) is 0 Å². The first-order valence-corrected chi connectivity index (χ1v) is 5.81. The molecule has 1 heterocycles. The first kappa shape index (κ1) is 12.4. The predicted molar refractivity (Wildman–Crippen MR) is 71.3 cm³/mol. The molecule has 1 aliphatic heterocycles. The molecule has 94 valence electrons. The lowest BCUT2D eigenvalue weighted by Crippen LogP contribution is -2.27. The third-order valence-electron chi connectivity index (χ3n) is 2.92. The molecule has 0 fully saturated rings. The van der Waals surface area contributed by atoms with Crippen molar-refractivity contribution in [1.82, 2.24) is 4.90 Å². The number of benzene rings is 1. The van der Waals surface area contributed by atoms with Gasteiger partial charge in [-0.15, -0.1) is 0 Å². The van der Waals surface area contributed by atoms with E-state index in [0.717, 1.165) is 17.1 Å². The molecule has 4 nitrogen and oxygen atoms in total. The van der Waals surface area contributed by atoms with E-state index in [9.17, 15) is 4.79 Å². The molecule has 0 amide bonds. The fraction of sp³-hybridized carbons (Fsp3) is 0.286. The van der Waals surface area contributed by atoms with E-state index in [1.54, 1.807) is 26.2 Å². The van der Waals surface area contributed by atoms with Crippen LogP contribution < -0.4 is 4.74 Å². The summed E-state index contributed by atoms with van der Waals surface area (Å²) in [6.07, 6.45) is 1.72. The zero-order valence-electron chi connectivity index (χ0n) is 10.6. The van der Waals surface area contributed by atoms with E-state index in [-0.39, 0.29) is 5.78 Å². The van der Waals surface area contributed by atoms with Gasteiger partial charge in [0.15, 0.2) is 5.78 Å². The smallest absolute Gasteiger partial charge is 0.159 e. The molecule has 1 aliphatic rings. The molecule has 0 spiro atoms. The van der Waals surface area contributed by atoms with Crippen molar-refractivity contribution in [2.75, 3.05) is 20.2 Å². The van der Waals surface area contributed by atoms with Gasteiger partial charge in [0.05, 0.1) is 12.1 Å². The van der Waals surface area contributed by atoms with E-state index in [1.807, 2.05) is 17.0 Å². The maximum absolute atomic E-state index is 11.4. The van der Waals surface area contributed by atoms with Gasteiger partial charge in [-0.3, -0.25) is 9.79 Å². The third-order valence-corrected chi connectivity index (χ3v) is 2.92. The maximum atomic E-state index is 11.4. The van der Waals surface area contributed by atoms with Gasteiger partial charge in [-0.05, 0) is 31.3 Å². The highest BCUT2D eigenvalue weighted by Gasteiger charge is 2.20. The Balaban J connectivity index is 2.57. The predicted octanol–water partition coefficient (Wildman–Crippen LogP) is 2.10. The SMILES string of the molecule is C=CN1CCOc2ccc(C(C)=O)cc2C1=NC. The molecule has 0 unspecified atom stereocenters. The second kappa shape index (κ2) is 5.04. The van der Waals surface area contributed by atoms with Crippen molar-refractivity contribution in [3.8, 4) is 5.75 Å². The molecule has 0 atom stereocenters. The molecule has 0 N–H and O–H groups in total. The van der Waals surface area contributed by atoms with Gasteiger partial charge in [-0.25, -0.2) is 0 Å². The van der Waals surface area contributed by atoms with Gasteiger partial charge in [0.2, 0.25) is 0 Å². The third kappa shape index (κ3) is 2.14. The Kier molecular flexibility index (Phi) is 3.46. The second-order valence-corrected chi connectivity index (χ2v) is 4.04. The maximum Gasteiger partial charge on any atom is 0.159 e. The van der Waals surface area contributed by atoms with Crippen LogP contribution in [0, 0.1) is 0 Å². The molecule has 2 rings (SSSR count). The molecule has 4 heteroatoms. The van der Waals surface area contributed by atoms with Gasteiger partial charge in [-0.2, -0.15) is 0 Å². The minimum Gasteiger partial charge on any atom is -0.491 e. The standard InChI is InChI=1S/C14H16N2O2/c1-4-16-7-8-18-13-6-5-11(10(2)17)9-12(13)14(16)15-3/h4-6,9H,1,7-8H2,2-3H3.